The minimum Gasteiger partial charge on any atom is -0.384 e. The van der Waals surface area contributed by atoms with Crippen LogP contribution in [-0.4, -0.2) is 19.4 Å². The van der Waals surface area contributed by atoms with Crippen molar-refractivity contribution in [2.45, 2.75) is 12.8 Å². The quantitative estimate of drug-likeness (QED) is 0.650. The number of nitrogens with one attached hydrogen (secondary N) is 1. The summed E-state index contributed by atoms with van der Waals surface area (Å²) in [4.78, 5) is 2.32. The van der Waals surface area contributed by atoms with Gasteiger partial charge < -0.3 is 10.6 Å². The minimum atomic E-state index is 0.132. The maximum Gasteiger partial charge on any atom is 0.123 e. The van der Waals surface area contributed by atoms with Crippen molar-refractivity contribution in [3.63, 3.8) is 0 Å². The first kappa shape index (κ1) is 12.0. The largest absolute Gasteiger partial charge is 0.384 e. The summed E-state index contributed by atoms with van der Waals surface area (Å²) in [6.45, 7) is 1.11. The molecule has 0 bridgehead atoms. The number of nitrogen functional groups attached to an aromatic ring is 1. The van der Waals surface area contributed by atoms with Gasteiger partial charge in [0, 0.05) is 30.2 Å². The van der Waals surface area contributed by atoms with Crippen LogP contribution in [0.3, 0.4) is 0 Å². The number of benzene rings is 2. The van der Waals surface area contributed by atoms with E-state index in [1.807, 2.05) is 24.3 Å². The van der Waals surface area contributed by atoms with Crippen LogP contribution in [-0.2, 0) is 0 Å². The van der Waals surface area contributed by atoms with Crippen LogP contribution < -0.4 is 10.6 Å². The van der Waals surface area contributed by atoms with Gasteiger partial charge in [0.15, 0.2) is 0 Å². The fourth-order valence-corrected chi connectivity index (χ4v) is 2.64. The number of hydrogen-bond donors (Lipinski definition) is 2. The van der Waals surface area contributed by atoms with Crippen LogP contribution in [0.1, 0.15) is 18.4 Å². The van der Waals surface area contributed by atoms with Crippen molar-refractivity contribution in [3.05, 3.63) is 42.0 Å². The van der Waals surface area contributed by atoms with Crippen LogP contribution >= 0.6 is 0 Å². The molecule has 2 aromatic rings. The zero-order valence-corrected chi connectivity index (χ0v) is 11.2. The number of amidine groups is 1. The van der Waals surface area contributed by atoms with E-state index in [9.17, 15) is 0 Å². The first-order valence-corrected chi connectivity index (χ1v) is 6.74. The van der Waals surface area contributed by atoms with Crippen molar-refractivity contribution in [1.82, 2.24) is 0 Å². The van der Waals surface area contributed by atoms with E-state index >= 15 is 0 Å². The summed E-state index contributed by atoms with van der Waals surface area (Å²) in [6, 6.07) is 12.2. The number of fused-ring (bicyclic) bond motifs is 1. The molecular weight excluding hydrogens is 234 g/mol. The van der Waals surface area contributed by atoms with Crippen LogP contribution in [0.4, 0.5) is 5.69 Å². The molecule has 19 heavy (non-hydrogen) atoms. The van der Waals surface area contributed by atoms with Gasteiger partial charge in [-0.2, -0.15) is 0 Å². The van der Waals surface area contributed by atoms with E-state index in [0.29, 0.717) is 0 Å². The molecule has 0 spiro atoms. The van der Waals surface area contributed by atoms with Crippen molar-refractivity contribution < 1.29 is 0 Å². The van der Waals surface area contributed by atoms with E-state index in [-0.39, 0.29) is 5.84 Å². The summed E-state index contributed by atoms with van der Waals surface area (Å²) in [7, 11) is 2.15. The zero-order valence-electron chi connectivity index (χ0n) is 11.2. The minimum absolute atomic E-state index is 0.132. The van der Waals surface area contributed by atoms with E-state index in [1.165, 1.54) is 23.9 Å². The molecule has 0 aromatic heterocycles. The smallest absolute Gasteiger partial charge is 0.123 e. The van der Waals surface area contributed by atoms with Crippen LogP contribution in [0.5, 0.6) is 0 Å². The highest BCUT2D eigenvalue weighted by Crippen LogP contribution is 2.34. The first-order valence-electron chi connectivity index (χ1n) is 6.74. The molecular formula is C16H19N3. The Kier molecular flexibility index (Phi) is 2.90. The molecule has 1 saturated carbocycles. The van der Waals surface area contributed by atoms with Gasteiger partial charge in [0.05, 0.1) is 0 Å². The van der Waals surface area contributed by atoms with Crippen molar-refractivity contribution in [2.75, 3.05) is 18.5 Å². The lowest BCUT2D eigenvalue weighted by Crippen LogP contribution is -2.20. The van der Waals surface area contributed by atoms with E-state index in [0.717, 1.165) is 23.4 Å². The highest BCUT2D eigenvalue weighted by atomic mass is 15.1. The second kappa shape index (κ2) is 4.57. The molecule has 1 aliphatic carbocycles. The molecule has 0 aliphatic heterocycles. The average Bonchev–Trinajstić information content (AvgIpc) is 3.21. The van der Waals surface area contributed by atoms with Gasteiger partial charge in [-0.15, -0.1) is 0 Å². The molecule has 3 rings (SSSR count). The molecule has 0 heterocycles. The van der Waals surface area contributed by atoms with Gasteiger partial charge in [-0.25, -0.2) is 0 Å². The standard InChI is InChI=1S/C16H19N3/c1-19(10-11-6-7-11)15-9-8-14(16(17)18)12-4-2-3-5-13(12)15/h2-5,8-9,11H,6-7,10H2,1H3,(H3,17,18). The number of rotatable bonds is 4. The van der Waals surface area contributed by atoms with Crippen LogP contribution in [0.25, 0.3) is 10.8 Å². The molecule has 3 nitrogen and oxygen atoms in total. The Morgan fingerprint density at radius 2 is 1.89 bits per heavy atom. The lowest BCUT2D eigenvalue weighted by Gasteiger charge is -2.22. The number of nitrogens with two attached hydrogens (primary N) is 1. The molecule has 0 saturated heterocycles. The Bertz CT molecular complexity index is 629. The third kappa shape index (κ3) is 2.28. The third-order valence-corrected chi connectivity index (χ3v) is 3.83. The predicted octanol–water partition coefficient (Wildman–Crippen LogP) is 2.97. The third-order valence-electron chi connectivity index (χ3n) is 3.83. The highest BCUT2D eigenvalue weighted by molar-refractivity contribution is 6.10. The van der Waals surface area contributed by atoms with Gasteiger partial charge in [-0.1, -0.05) is 24.3 Å². The molecule has 1 aliphatic rings. The molecule has 1 fully saturated rings. The Labute approximate surface area is 113 Å². The number of anilines is 1. The Balaban J connectivity index is 2.09. The van der Waals surface area contributed by atoms with Gasteiger partial charge in [0.2, 0.25) is 0 Å². The lowest BCUT2D eigenvalue weighted by atomic mass is 10.0. The van der Waals surface area contributed by atoms with Gasteiger partial charge in [0.25, 0.3) is 0 Å². The molecule has 3 N–H and O–H groups in total. The zero-order chi connectivity index (χ0) is 13.4. The number of nitrogens with zero attached hydrogens (tertiary/aromatic N) is 1. The normalized spacial score (nSPS) is 14.6. The highest BCUT2D eigenvalue weighted by Gasteiger charge is 2.23. The Morgan fingerprint density at radius 3 is 2.53 bits per heavy atom. The molecule has 0 amide bonds. The second-order valence-electron chi connectivity index (χ2n) is 5.42. The van der Waals surface area contributed by atoms with E-state index < -0.39 is 0 Å². The summed E-state index contributed by atoms with van der Waals surface area (Å²) < 4.78 is 0. The summed E-state index contributed by atoms with van der Waals surface area (Å²) in [5.41, 5.74) is 7.71. The first-order chi connectivity index (χ1) is 9.16. The maximum absolute atomic E-state index is 7.68. The molecule has 0 unspecified atom stereocenters. The van der Waals surface area contributed by atoms with Gasteiger partial charge >= 0.3 is 0 Å². The van der Waals surface area contributed by atoms with E-state index in [1.54, 1.807) is 0 Å². The Morgan fingerprint density at radius 1 is 1.21 bits per heavy atom. The van der Waals surface area contributed by atoms with Crippen molar-refractivity contribution in [3.8, 4) is 0 Å². The van der Waals surface area contributed by atoms with Crippen LogP contribution in [0.15, 0.2) is 36.4 Å². The van der Waals surface area contributed by atoms with Crippen molar-refractivity contribution in [1.29, 1.82) is 5.41 Å². The topological polar surface area (TPSA) is 53.1 Å². The molecule has 98 valence electrons. The summed E-state index contributed by atoms with van der Waals surface area (Å²) in [6.07, 6.45) is 2.71. The van der Waals surface area contributed by atoms with Gasteiger partial charge in [0.1, 0.15) is 5.84 Å². The average molecular weight is 253 g/mol. The lowest BCUT2D eigenvalue weighted by molar-refractivity contribution is 0.789. The summed E-state index contributed by atoms with van der Waals surface area (Å²) >= 11 is 0. The fourth-order valence-electron chi connectivity index (χ4n) is 2.64. The van der Waals surface area contributed by atoms with E-state index in [2.05, 4.69) is 24.1 Å². The van der Waals surface area contributed by atoms with E-state index in [4.69, 9.17) is 11.1 Å². The maximum atomic E-state index is 7.68. The molecule has 0 atom stereocenters. The summed E-state index contributed by atoms with van der Waals surface area (Å²) in [5, 5.41) is 9.93. The second-order valence-corrected chi connectivity index (χ2v) is 5.42. The summed E-state index contributed by atoms with van der Waals surface area (Å²) in [5.74, 6) is 0.990. The molecule has 3 heteroatoms. The van der Waals surface area contributed by atoms with Crippen molar-refractivity contribution >= 4 is 22.3 Å². The fraction of sp³-hybridized carbons (Fsp3) is 0.312. The van der Waals surface area contributed by atoms with Crippen LogP contribution in [0, 0.1) is 11.3 Å². The van der Waals surface area contributed by atoms with Crippen LogP contribution in [0.2, 0.25) is 0 Å². The van der Waals surface area contributed by atoms with Crippen molar-refractivity contribution in [2.24, 2.45) is 11.7 Å². The van der Waals surface area contributed by atoms with Gasteiger partial charge in [-0.3, -0.25) is 5.41 Å². The predicted molar refractivity (Wildman–Crippen MR) is 81.0 cm³/mol. The molecule has 2 aromatic carbocycles. The van der Waals surface area contributed by atoms with Gasteiger partial charge in [-0.05, 0) is 36.3 Å². The molecule has 0 radical (unpaired) electrons. The monoisotopic (exact) mass is 253 g/mol. The number of hydrogen-bond acceptors (Lipinski definition) is 2. The Hall–Kier alpha value is -2.03. The SMILES string of the molecule is CN(CC1CC1)c1ccc(C(=N)N)c2ccccc12.